The van der Waals surface area contributed by atoms with Crippen LogP contribution in [0.5, 0.6) is 5.75 Å². The fourth-order valence-corrected chi connectivity index (χ4v) is 2.98. The van der Waals surface area contributed by atoms with Gasteiger partial charge in [-0.1, -0.05) is 35.3 Å². The molecule has 1 amide bonds. The maximum Gasteiger partial charge on any atom is 0.416 e. The SMILES string of the molecule is O=C(N/N=C\c1ccc(OCc2ccc(Cl)cc2Cl)cc1)c1cccc(C(F)(F)F)c1. The van der Waals surface area contributed by atoms with Gasteiger partial charge in [0.15, 0.2) is 0 Å². The molecule has 0 saturated carbocycles. The van der Waals surface area contributed by atoms with Gasteiger partial charge in [0, 0.05) is 21.2 Å². The van der Waals surface area contributed by atoms with Crippen LogP contribution in [0, 0.1) is 0 Å². The smallest absolute Gasteiger partial charge is 0.416 e. The maximum atomic E-state index is 12.7. The first-order valence-electron chi connectivity index (χ1n) is 8.90. The van der Waals surface area contributed by atoms with Crippen LogP contribution in [0.15, 0.2) is 71.8 Å². The van der Waals surface area contributed by atoms with E-state index in [1.165, 1.54) is 12.3 Å². The standard InChI is InChI=1S/C22H15Cl2F3N2O2/c23-18-7-6-16(20(24)11-18)13-31-19-8-4-14(5-9-19)12-28-29-21(30)15-2-1-3-17(10-15)22(25,26)27/h1-12H,13H2,(H,29,30)/b28-12-. The number of hydrogen-bond acceptors (Lipinski definition) is 3. The molecule has 0 radical (unpaired) electrons. The minimum atomic E-state index is -4.53. The fourth-order valence-electron chi connectivity index (χ4n) is 2.52. The summed E-state index contributed by atoms with van der Waals surface area (Å²) in [6, 6.07) is 16.1. The summed E-state index contributed by atoms with van der Waals surface area (Å²) in [6.45, 7) is 0.260. The van der Waals surface area contributed by atoms with Crippen LogP contribution >= 0.6 is 23.2 Å². The van der Waals surface area contributed by atoms with E-state index < -0.39 is 17.6 Å². The Hall–Kier alpha value is -3.03. The Morgan fingerprint density at radius 2 is 1.77 bits per heavy atom. The highest BCUT2D eigenvalue weighted by atomic mass is 35.5. The number of amides is 1. The van der Waals surface area contributed by atoms with Crippen LogP contribution in [-0.4, -0.2) is 12.1 Å². The predicted molar refractivity (Wildman–Crippen MR) is 114 cm³/mol. The second kappa shape index (κ2) is 9.85. The molecule has 3 aromatic rings. The molecule has 0 heterocycles. The van der Waals surface area contributed by atoms with Crippen molar-refractivity contribution in [3.63, 3.8) is 0 Å². The van der Waals surface area contributed by atoms with Gasteiger partial charge in [0.2, 0.25) is 0 Å². The van der Waals surface area contributed by atoms with E-state index >= 15 is 0 Å². The molecule has 3 aromatic carbocycles. The van der Waals surface area contributed by atoms with E-state index in [9.17, 15) is 18.0 Å². The van der Waals surface area contributed by atoms with Gasteiger partial charge in [-0.2, -0.15) is 18.3 Å². The van der Waals surface area contributed by atoms with Gasteiger partial charge < -0.3 is 4.74 Å². The number of nitrogens with one attached hydrogen (secondary N) is 1. The van der Waals surface area contributed by atoms with E-state index in [1.807, 2.05) is 0 Å². The monoisotopic (exact) mass is 466 g/mol. The summed E-state index contributed by atoms with van der Waals surface area (Å²) in [5.74, 6) is -0.154. The Labute approximate surface area is 186 Å². The molecule has 0 spiro atoms. The highest BCUT2D eigenvalue weighted by molar-refractivity contribution is 6.35. The highest BCUT2D eigenvalue weighted by Gasteiger charge is 2.30. The lowest BCUT2D eigenvalue weighted by Crippen LogP contribution is -2.18. The van der Waals surface area contributed by atoms with Crippen LogP contribution in [0.1, 0.15) is 27.0 Å². The predicted octanol–water partition coefficient (Wildman–Crippen LogP) is 6.36. The lowest BCUT2D eigenvalue weighted by Gasteiger charge is -2.08. The molecule has 0 fully saturated rings. The highest BCUT2D eigenvalue weighted by Crippen LogP contribution is 2.29. The average molecular weight is 467 g/mol. The maximum absolute atomic E-state index is 12.7. The van der Waals surface area contributed by atoms with Gasteiger partial charge in [-0.15, -0.1) is 0 Å². The Morgan fingerprint density at radius 3 is 2.45 bits per heavy atom. The number of halogens is 5. The van der Waals surface area contributed by atoms with Crippen LogP contribution in [0.3, 0.4) is 0 Å². The zero-order chi connectivity index (χ0) is 22.4. The van der Waals surface area contributed by atoms with E-state index in [0.717, 1.165) is 23.8 Å². The largest absolute Gasteiger partial charge is 0.489 e. The Morgan fingerprint density at radius 1 is 1.03 bits per heavy atom. The molecule has 160 valence electrons. The summed E-state index contributed by atoms with van der Waals surface area (Å²) >= 11 is 12.0. The van der Waals surface area contributed by atoms with Gasteiger partial charge in [-0.3, -0.25) is 4.79 Å². The topological polar surface area (TPSA) is 50.7 Å². The molecule has 4 nitrogen and oxygen atoms in total. The quantitative estimate of drug-likeness (QED) is 0.339. The molecule has 9 heteroatoms. The van der Waals surface area contributed by atoms with Gasteiger partial charge in [-0.25, -0.2) is 5.43 Å². The van der Waals surface area contributed by atoms with Crippen molar-refractivity contribution in [1.29, 1.82) is 0 Å². The molecule has 0 aliphatic rings. The molecule has 1 N–H and O–H groups in total. The van der Waals surface area contributed by atoms with E-state index in [0.29, 0.717) is 21.4 Å². The Bertz CT molecular complexity index is 1100. The number of carbonyl (C=O) groups is 1. The van der Waals surface area contributed by atoms with Crippen molar-refractivity contribution in [3.8, 4) is 5.75 Å². The summed E-state index contributed by atoms with van der Waals surface area (Å²) in [7, 11) is 0. The normalized spacial score (nSPS) is 11.5. The first-order valence-corrected chi connectivity index (χ1v) is 9.65. The van der Waals surface area contributed by atoms with Crippen molar-refractivity contribution in [2.24, 2.45) is 5.10 Å². The van der Waals surface area contributed by atoms with Crippen molar-refractivity contribution in [1.82, 2.24) is 5.43 Å². The van der Waals surface area contributed by atoms with Crippen molar-refractivity contribution < 1.29 is 22.7 Å². The second-order valence-electron chi connectivity index (χ2n) is 6.37. The van der Waals surface area contributed by atoms with Crippen molar-refractivity contribution in [2.75, 3.05) is 0 Å². The molecule has 0 atom stereocenters. The summed E-state index contributed by atoms with van der Waals surface area (Å²) in [6.07, 6.45) is -3.16. The number of nitrogens with zero attached hydrogens (tertiary/aromatic N) is 1. The number of hydrazone groups is 1. The van der Waals surface area contributed by atoms with Crippen molar-refractivity contribution >= 4 is 35.3 Å². The zero-order valence-corrected chi connectivity index (χ0v) is 17.3. The van der Waals surface area contributed by atoms with Gasteiger partial charge >= 0.3 is 6.18 Å². The molecular formula is C22H15Cl2F3N2O2. The summed E-state index contributed by atoms with van der Waals surface area (Å²) in [5, 5.41) is 4.82. The third kappa shape index (κ3) is 6.47. The summed E-state index contributed by atoms with van der Waals surface area (Å²) in [4.78, 5) is 12.0. The molecule has 0 bridgehead atoms. The van der Waals surface area contributed by atoms with E-state index in [-0.39, 0.29) is 12.2 Å². The fraction of sp³-hybridized carbons (Fsp3) is 0.0909. The Balaban J connectivity index is 1.55. The van der Waals surface area contributed by atoms with Crippen LogP contribution in [0.4, 0.5) is 13.2 Å². The number of rotatable bonds is 6. The molecule has 0 aromatic heterocycles. The van der Waals surface area contributed by atoms with Crippen LogP contribution in [-0.2, 0) is 12.8 Å². The minimum Gasteiger partial charge on any atom is -0.489 e. The van der Waals surface area contributed by atoms with Gasteiger partial charge in [0.25, 0.3) is 5.91 Å². The first kappa shape index (κ1) is 22.7. The third-order valence-corrected chi connectivity index (χ3v) is 4.71. The summed E-state index contributed by atoms with van der Waals surface area (Å²) < 4.78 is 43.9. The van der Waals surface area contributed by atoms with Crippen LogP contribution in [0.2, 0.25) is 10.0 Å². The van der Waals surface area contributed by atoms with Gasteiger partial charge in [0.05, 0.1) is 11.8 Å². The molecule has 0 aliphatic heterocycles. The average Bonchev–Trinajstić information content (AvgIpc) is 2.73. The number of carbonyl (C=O) groups excluding carboxylic acids is 1. The molecule has 0 unspecified atom stereocenters. The van der Waals surface area contributed by atoms with Gasteiger partial charge in [-0.05, 0) is 60.2 Å². The minimum absolute atomic E-state index is 0.142. The Kier molecular flexibility index (Phi) is 7.20. The molecule has 0 aliphatic carbocycles. The van der Waals surface area contributed by atoms with Gasteiger partial charge in [0.1, 0.15) is 12.4 Å². The first-order chi connectivity index (χ1) is 14.7. The van der Waals surface area contributed by atoms with E-state index in [1.54, 1.807) is 42.5 Å². The number of benzene rings is 3. The zero-order valence-electron chi connectivity index (χ0n) is 15.8. The number of hydrogen-bond donors (Lipinski definition) is 1. The number of alkyl halides is 3. The van der Waals surface area contributed by atoms with E-state index in [4.69, 9.17) is 27.9 Å². The van der Waals surface area contributed by atoms with Crippen molar-refractivity contribution in [3.05, 3.63) is 99.0 Å². The lowest BCUT2D eigenvalue weighted by molar-refractivity contribution is -0.137. The van der Waals surface area contributed by atoms with Crippen LogP contribution < -0.4 is 10.2 Å². The molecule has 3 rings (SSSR count). The van der Waals surface area contributed by atoms with Crippen molar-refractivity contribution in [2.45, 2.75) is 12.8 Å². The molecule has 31 heavy (non-hydrogen) atoms. The van der Waals surface area contributed by atoms with Crippen LogP contribution in [0.25, 0.3) is 0 Å². The number of ether oxygens (including phenoxy) is 1. The molecule has 0 saturated heterocycles. The summed E-state index contributed by atoms with van der Waals surface area (Å²) in [5.41, 5.74) is 2.60. The third-order valence-electron chi connectivity index (χ3n) is 4.12. The second-order valence-corrected chi connectivity index (χ2v) is 7.21. The van der Waals surface area contributed by atoms with E-state index in [2.05, 4.69) is 10.5 Å². The lowest BCUT2D eigenvalue weighted by atomic mass is 10.1. The molecular weight excluding hydrogens is 452 g/mol.